The van der Waals surface area contributed by atoms with E-state index in [1.54, 1.807) is 6.92 Å². The van der Waals surface area contributed by atoms with Gasteiger partial charge in [-0.05, 0) is 31.4 Å². The molecule has 22 heavy (non-hydrogen) atoms. The molecular weight excluding hydrogens is 326 g/mol. The van der Waals surface area contributed by atoms with E-state index in [0.717, 1.165) is 5.56 Å². The molecular formula is C14H24ClN3O3S. The van der Waals surface area contributed by atoms with E-state index >= 15 is 0 Å². The minimum absolute atomic E-state index is 0. The number of sulfonamides is 1. The summed E-state index contributed by atoms with van der Waals surface area (Å²) in [4.78, 5) is 11.7. The summed E-state index contributed by atoms with van der Waals surface area (Å²) < 4.78 is 24.8. The molecule has 0 saturated heterocycles. The Hall–Kier alpha value is -1.31. The van der Waals surface area contributed by atoms with Crippen molar-refractivity contribution in [3.63, 3.8) is 0 Å². The highest BCUT2D eigenvalue weighted by atomic mass is 35.5. The third kappa shape index (κ3) is 8.21. The van der Waals surface area contributed by atoms with Crippen LogP contribution in [0, 0.1) is 0 Å². The van der Waals surface area contributed by atoms with Crippen LogP contribution in [0.2, 0.25) is 0 Å². The van der Waals surface area contributed by atoms with E-state index in [1.165, 1.54) is 0 Å². The zero-order valence-electron chi connectivity index (χ0n) is 12.7. The maximum Gasteiger partial charge on any atom is 0.220 e. The van der Waals surface area contributed by atoms with Crippen LogP contribution in [0.3, 0.4) is 0 Å². The molecule has 0 aliphatic rings. The molecule has 1 rings (SSSR count). The van der Waals surface area contributed by atoms with Crippen molar-refractivity contribution in [1.29, 1.82) is 0 Å². The predicted octanol–water partition coefficient (Wildman–Crippen LogP) is 1.07. The quantitative estimate of drug-likeness (QED) is 0.458. The average Bonchev–Trinajstić information content (AvgIpc) is 2.46. The molecule has 0 atom stereocenters. The number of hydrogen-bond donors (Lipinski definition) is 3. The predicted molar refractivity (Wildman–Crippen MR) is 91.5 cm³/mol. The second kappa shape index (κ2) is 10.4. The molecule has 0 saturated carbocycles. The van der Waals surface area contributed by atoms with E-state index in [-0.39, 0.29) is 24.1 Å². The van der Waals surface area contributed by atoms with Crippen molar-refractivity contribution in [3.8, 4) is 0 Å². The first-order valence-corrected chi connectivity index (χ1v) is 8.67. The van der Waals surface area contributed by atoms with Gasteiger partial charge in [0.15, 0.2) is 0 Å². The molecule has 0 fully saturated rings. The van der Waals surface area contributed by atoms with E-state index in [2.05, 4.69) is 10.0 Å². The standard InChI is InChI=1S/C14H23N3O3S.ClH/c1-2-21(19,20)17-11-5-10-16-14(18)9-8-12-6-3-4-7-13(12)15;/h3-4,6-7,17H,2,5,8-11,15H2,1H3,(H,16,18);1H. The maximum atomic E-state index is 11.7. The molecule has 0 unspecified atom stereocenters. The molecule has 0 aromatic heterocycles. The number of aryl methyl sites for hydroxylation is 1. The molecule has 8 heteroatoms. The summed E-state index contributed by atoms with van der Waals surface area (Å²) in [6.07, 6.45) is 1.54. The number of para-hydroxylation sites is 1. The van der Waals surface area contributed by atoms with Crippen LogP contribution in [0.5, 0.6) is 0 Å². The largest absolute Gasteiger partial charge is 0.399 e. The molecule has 126 valence electrons. The second-order valence-electron chi connectivity index (χ2n) is 4.70. The highest BCUT2D eigenvalue weighted by Gasteiger charge is 2.06. The van der Waals surface area contributed by atoms with Gasteiger partial charge in [0, 0.05) is 25.2 Å². The Morgan fingerprint density at radius 2 is 1.91 bits per heavy atom. The Kier molecular flexibility index (Phi) is 9.80. The monoisotopic (exact) mass is 349 g/mol. The highest BCUT2D eigenvalue weighted by Crippen LogP contribution is 2.12. The number of rotatable bonds is 9. The van der Waals surface area contributed by atoms with Gasteiger partial charge in [-0.25, -0.2) is 13.1 Å². The Labute approximate surface area is 138 Å². The fourth-order valence-corrected chi connectivity index (χ4v) is 2.40. The number of nitrogen functional groups attached to an aromatic ring is 1. The average molecular weight is 350 g/mol. The Balaban J connectivity index is 0.00000441. The molecule has 1 aromatic carbocycles. The first-order valence-electron chi connectivity index (χ1n) is 7.02. The number of amides is 1. The van der Waals surface area contributed by atoms with Gasteiger partial charge in [0.05, 0.1) is 5.75 Å². The summed E-state index contributed by atoms with van der Waals surface area (Å²) in [5.74, 6) is 0.00862. The van der Waals surface area contributed by atoms with Crippen molar-refractivity contribution in [1.82, 2.24) is 10.0 Å². The van der Waals surface area contributed by atoms with Crippen LogP contribution in [-0.4, -0.2) is 33.2 Å². The Morgan fingerprint density at radius 3 is 2.55 bits per heavy atom. The third-order valence-electron chi connectivity index (χ3n) is 3.05. The lowest BCUT2D eigenvalue weighted by Gasteiger charge is -2.07. The number of benzene rings is 1. The van der Waals surface area contributed by atoms with Crippen molar-refractivity contribution in [2.45, 2.75) is 26.2 Å². The van der Waals surface area contributed by atoms with Gasteiger partial charge in [0.1, 0.15) is 0 Å². The van der Waals surface area contributed by atoms with E-state index in [4.69, 9.17) is 5.73 Å². The van der Waals surface area contributed by atoms with E-state index in [1.807, 2.05) is 24.3 Å². The highest BCUT2D eigenvalue weighted by molar-refractivity contribution is 7.89. The summed E-state index contributed by atoms with van der Waals surface area (Å²) in [5, 5.41) is 2.76. The smallest absolute Gasteiger partial charge is 0.220 e. The van der Waals surface area contributed by atoms with Crippen molar-refractivity contribution in [2.24, 2.45) is 0 Å². The number of nitrogens with one attached hydrogen (secondary N) is 2. The van der Waals surface area contributed by atoms with Crippen LogP contribution in [0.15, 0.2) is 24.3 Å². The molecule has 1 amide bonds. The van der Waals surface area contributed by atoms with Crippen LogP contribution in [0.25, 0.3) is 0 Å². The van der Waals surface area contributed by atoms with E-state index in [9.17, 15) is 13.2 Å². The lowest BCUT2D eigenvalue weighted by atomic mass is 10.1. The summed E-state index contributed by atoms with van der Waals surface area (Å²) in [7, 11) is -3.15. The summed E-state index contributed by atoms with van der Waals surface area (Å²) >= 11 is 0. The topological polar surface area (TPSA) is 101 Å². The maximum absolute atomic E-state index is 11.7. The van der Waals surface area contributed by atoms with Gasteiger partial charge in [-0.3, -0.25) is 4.79 Å². The minimum Gasteiger partial charge on any atom is -0.399 e. The molecule has 1 aromatic rings. The fourth-order valence-electron chi connectivity index (χ4n) is 1.74. The number of carbonyl (C=O) groups excluding carboxylic acids is 1. The molecule has 0 spiro atoms. The van der Waals surface area contributed by atoms with Crippen LogP contribution < -0.4 is 15.8 Å². The number of hydrogen-bond acceptors (Lipinski definition) is 4. The first-order chi connectivity index (χ1) is 9.94. The molecule has 0 aliphatic heterocycles. The lowest BCUT2D eigenvalue weighted by Crippen LogP contribution is -2.30. The van der Waals surface area contributed by atoms with Crippen molar-refractivity contribution in [2.75, 3.05) is 24.6 Å². The Morgan fingerprint density at radius 1 is 1.23 bits per heavy atom. The molecule has 0 heterocycles. The van der Waals surface area contributed by atoms with Gasteiger partial charge in [0.25, 0.3) is 0 Å². The van der Waals surface area contributed by atoms with E-state index < -0.39 is 10.0 Å². The summed E-state index contributed by atoms with van der Waals surface area (Å²) in [6, 6.07) is 7.47. The van der Waals surface area contributed by atoms with Gasteiger partial charge in [-0.15, -0.1) is 12.4 Å². The Bertz CT molecular complexity index is 564. The third-order valence-corrected chi connectivity index (χ3v) is 4.46. The summed E-state index contributed by atoms with van der Waals surface area (Å²) in [5.41, 5.74) is 7.46. The normalized spacial score (nSPS) is 10.8. The molecule has 0 radical (unpaired) electrons. The van der Waals surface area contributed by atoms with Gasteiger partial charge >= 0.3 is 0 Å². The first kappa shape index (κ1) is 20.7. The summed E-state index contributed by atoms with van der Waals surface area (Å²) in [6.45, 7) is 2.37. The van der Waals surface area contributed by atoms with Crippen LogP contribution in [0.1, 0.15) is 25.3 Å². The van der Waals surface area contributed by atoms with Gasteiger partial charge in [0.2, 0.25) is 15.9 Å². The van der Waals surface area contributed by atoms with Crippen LogP contribution in [-0.2, 0) is 21.2 Å². The van der Waals surface area contributed by atoms with Gasteiger partial charge in [-0.2, -0.15) is 0 Å². The number of nitrogens with two attached hydrogens (primary N) is 1. The second-order valence-corrected chi connectivity index (χ2v) is 6.80. The van der Waals surface area contributed by atoms with E-state index in [0.29, 0.717) is 38.0 Å². The number of anilines is 1. The molecule has 4 N–H and O–H groups in total. The molecule has 0 aliphatic carbocycles. The number of carbonyl (C=O) groups is 1. The molecule has 6 nitrogen and oxygen atoms in total. The fraction of sp³-hybridized carbons (Fsp3) is 0.500. The lowest BCUT2D eigenvalue weighted by molar-refractivity contribution is -0.121. The van der Waals surface area contributed by atoms with Crippen molar-refractivity contribution < 1.29 is 13.2 Å². The van der Waals surface area contributed by atoms with Crippen LogP contribution in [0.4, 0.5) is 5.69 Å². The van der Waals surface area contributed by atoms with Gasteiger partial charge < -0.3 is 11.1 Å². The minimum atomic E-state index is -3.15. The van der Waals surface area contributed by atoms with Crippen LogP contribution >= 0.6 is 12.4 Å². The zero-order chi connectivity index (χ0) is 15.7. The van der Waals surface area contributed by atoms with Gasteiger partial charge in [-0.1, -0.05) is 18.2 Å². The SMILES string of the molecule is CCS(=O)(=O)NCCCNC(=O)CCc1ccccc1N.Cl. The molecule has 0 bridgehead atoms. The van der Waals surface area contributed by atoms with Crippen molar-refractivity contribution in [3.05, 3.63) is 29.8 Å². The number of halogens is 1. The zero-order valence-corrected chi connectivity index (χ0v) is 14.3. The van der Waals surface area contributed by atoms with Crippen molar-refractivity contribution >= 4 is 34.0 Å².